The van der Waals surface area contributed by atoms with Crippen LogP contribution in [0.2, 0.25) is 0 Å². The summed E-state index contributed by atoms with van der Waals surface area (Å²) in [6.45, 7) is 0. The van der Waals surface area contributed by atoms with Crippen LogP contribution in [0, 0.1) is 0 Å². The van der Waals surface area contributed by atoms with Gasteiger partial charge < -0.3 is 24.9 Å². The van der Waals surface area contributed by atoms with Crippen LogP contribution in [-0.4, -0.2) is 24.3 Å². The molecule has 30 heavy (non-hydrogen) atoms. The molecule has 0 bridgehead atoms. The fraction of sp³-hybridized carbons (Fsp3) is 0.125. The molecule has 4 rings (SSSR count). The Morgan fingerprint density at radius 2 is 1.77 bits per heavy atom. The molecule has 6 heteroatoms. The Morgan fingerprint density at radius 1 is 0.967 bits per heavy atom. The molecule has 1 atom stereocenters. The lowest BCUT2D eigenvalue weighted by atomic mass is 9.92. The number of aromatic nitrogens is 1. The van der Waals surface area contributed by atoms with Gasteiger partial charge in [0.25, 0.3) is 0 Å². The molecule has 1 aromatic heterocycles. The maximum Gasteiger partial charge on any atom is 0.204 e. The summed E-state index contributed by atoms with van der Waals surface area (Å²) in [4.78, 5) is 15.3. The molecule has 3 N–H and O–H groups in total. The third-order valence-electron chi connectivity index (χ3n) is 5.10. The highest BCUT2D eigenvalue weighted by atomic mass is 16.5. The molecular weight excluding hydrogens is 380 g/mol. The standard InChI is InChI=1S/C24H22N2O4/c1-29-21-10-8-16(13-22(21)30-2)24(26-18-14-25-12-11-19(18)27)23-17-6-4-3-5-15(17)7-9-20(23)28/h3-14,24,26,28H,1-2H3,(H,25,27). The van der Waals surface area contributed by atoms with Crippen molar-refractivity contribution in [3.8, 4) is 17.2 Å². The molecule has 3 aromatic carbocycles. The normalized spacial score (nSPS) is 11.8. The van der Waals surface area contributed by atoms with Gasteiger partial charge in [0.1, 0.15) is 5.75 Å². The van der Waals surface area contributed by atoms with Gasteiger partial charge in [-0.15, -0.1) is 0 Å². The Labute approximate surface area is 173 Å². The second-order valence-electron chi connectivity index (χ2n) is 6.83. The number of methoxy groups -OCH3 is 2. The maximum atomic E-state index is 12.4. The van der Waals surface area contributed by atoms with E-state index in [0.29, 0.717) is 22.7 Å². The van der Waals surface area contributed by atoms with Crippen LogP contribution in [0.3, 0.4) is 0 Å². The number of aromatic amines is 1. The fourth-order valence-electron chi connectivity index (χ4n) is 3.63. The van der Waals surface area contributed by atoms with Crippen LogP contribution in [0.4, 0.5) is 5.69 Å². The zero-order chi connectivity index (χ0) is 21.1. The number of hydrogen-bond donors (Lipinski definition) is 3. The van der Waals surface area contributed by atoms with E-state index in [-0.39, 0.29) is 11.2 Å². The van der Waals surface area contributed by atoms with Crippen LogP contribution < -0.4 is 20.2 Å². The predicted molar refractivity (Wildman–Crippen MR) is 118 cm³/mol. The van der Waals surface area contributed by atoms with E-state index >= 15 is 0 Å². The van der Waals surface area contributed by atoms with Crippen molar-refractivity contribution in [2.45, 2.75) is 6.04 Å². The number of rotatable bonds is 6. The molecule has 152 valence electrons. The highest BCUT2D eigenvalue weighted by Gasteiger charge is 2.23. The number of ether oxygens (including phenoxy) is 2. The average molecular weight is 402 g/mol. The molecule has 0 amide bonds. The highest BCUT2D eigenvalue weighted by Crippen LogP contribution is 2.39. The Balaban J connectivity index is 1.95. The van der Waals surface area contributed by atoms with Crippen LogP contribution in [-0.2, 0) is 0 Å². The lowest BCUT2D eigenvalue weighted by molar-refractivity contribution is 0.354. The topological polar surface area (TPSA) is 83.6 Å². The predicted octanol–water partition coefficient (Wildman–Crippen LogP) is 4.45. The number of H-pyrrole nitrogens is 1. The van der Waals surface area contributed by atoms with E-state index in [1.54, 1.807) is 38.7 Å². The summed E-state index contributed by atoms with van der Waals surface area (Å²) in [6.07, 6.45) is 3.19. The molecular formula is C24H22N2O4. The largest absolute Gasteiger partial charge is 0.508 e. The number of benzene rings is 3. The van der Waals surface area contributed by atoms with Crippen molar-refractivity contribution in [3.05, 3.63) is 94.4 Å². The first-order valence-corrected chi connectivity index (χ1v) is 9.48. The van der Waals surface area contributed by atoms with Gasteiger partial charge in [-0.25, -0.2) is 0 Å². The highest BCUT2D eigenvalue weighted by molar-refractivity contribution is 5.89. The SMILES string of the molecule is COc1ccc(C(Nc2c[nH]ccc2=O)c2c(O)ccc3ccccc23)cc1OC. The van der Waals surface area contributed by atoms with Crippen molar-refractivity contribution in [2.75, 3.05) is 19.5 Å². The summed E-state index contributed by atoms with van der Waals surface area (Å²) in [5, 5.41) is 16.0. The Bertz CT molecular complexity index is 1250. The number of phenolic OH excluding ortho intramolecular Hbond substituents is 1. The number of aromatic hydroxyl groups is 1. The molecule has 1 unspecified atom stereocenters. The van der Waals surface area contributed by atoms with Gasteiger partial charge in [0, 0.05) is 24.0 Å². The number of pyridine rings is 1. The van der Waals surface area contributed by atoms with Crippen molar-refractivity contribution in [1.29, 1.82) is 0 Å². The summed E-state index contributed by atoms with van der Waals surface area (Å²) in [5.74, 6) is 1.29. The molecule has 0 fully saturated rings. The van der Waals surface area contributed by atoms with Gasteiger partial charge in [0.15, 0.2) is 11.5 Å². The average Bonchev–Trinajstić information content (AvgIpc) is 2.78. The Hall–Kier alpha value is -3.93. The van der Waals surface area contributed by atoms with Gasteiger partial charge in [-0.1, -0.05) is 36.4 Å². The van der Waals surface area contributed by atoms with Crippen LogP contribution in [0.25, 0.3) is 10.8 Å². The van der Waals surface area contributed by atoms with E-state index in [0.717, 1.165) is 16.3 Å². The van der Waals surface area contributed by atoms with Crippen LogP contribution in [0.5, 0.6) is 17.2 Å². The van der Waals surface area contributed by atoms with Gasteiger partial charge in [0.2, 0.25) is 5.43 Å². The van der Waals surface area contributed by atoms with Crippen molar-refractivity contribution < 1.29 is 14.6 Å². The molecule has 0 aliphatic heterocycles. The maximum absolute atomic E-state index is 12.4. The van der Waals surface area contributed by atoms with E-state index in [9.17, 15) is 9.90 Å². The number of anilines is 1. The molecule has 0 saturated carbocycles. The smallest absolute Gasteiger partial charge is 0.204 e. The Kier molecular flexibility index (Phi) is 5.30. The quantitative estimate of drug-likeness (QED) is 0.444. The van der Waals surface area contributed by atoms with Crippen molar-refractivity contribution in [1.82, 2.24) is 4.98 Å². The van der Waals surface area contributed by atoms with Gasteiger partial charge in [0.05, 0.1) is 25.9 Å². The van der Waals surface area contributed by atoms with Crippen molar-refractivity contribution in [3.63, 3.8) is 0 Å². The van der Waals surface area contributed by atoms with Gasteiger partial charge in [-0.05, 0) is 34.5 Å². The second-order valence-corrected chi connectivity index (χ2v) is 6.83. The number of phenols is 1. The Morgan fingerprint density at radius 3 is 2.53 bits per heavy atom. The van der Waals surface area contributed by atoms with E-state index in [1.807, 2.05) is 42.5 Å². The molecule has 1 heterocycles. The lowest BCUT2D eigenvalue weighted by Gasteiger charge is -2.24. The zero-order valence-electron chi connectivity index (χ0n) is 16.7. The first-order chi connectivity index (χ1) is 14.6. The first kappa shape index (κ1) is 19.4. The molecule has 0 aliphatic carbocycles. The van der Waals surface area contributed by atoms with Crippen LogP contribution in [0.1, 0.15) is 17.2 Å². The molecule has 0 radical (unpaired) electrons. The minimum atomic E-state index is -0.514. The summed E-state index contributed by atoms with van der Waals surface area (Å²) >= 11 is 0. The number of fused-ring (bicyclic) bond motifs is 1. The fourth-order valence-corrected chi connectivity index (χ4v) is 3.63. The summed E-state index contributed by atoms with van der Waals surface area (Å²) < 4.78 is 10.8. The first-order valence-electron chi connectivity index (χ1n) is 9.48. The van der Waals surface area contributed by atoms with Gasteiger partial charge >= 0.3 is 0 Å². The summed E-state index contributed by atoms with van der Waals surface area (Å²) in [6, 6.07) is 17.8. The second kappa shape index (κ2) is 8.21. The summed E-state index contributed by atoms with van der Waals surface area (Å²) in [5.41, 5.74) is 1.72. The molecule has 6 nitrogen and oxygen atoms in total. The van der Waals surface area contributed by atoms with E-state index in [2.05, 4.69) is 10.3 Å². The van der Waals surface area contributed by atoms with Crippen molar-refractivity contribution in [2.24, 2.45) is 0 Å². The van der Waals surface area contributed by atoms with E-state index in [1.165, 1.54) is 6.07 Å². The van der Waals surface area contributed by atoms with Crippen LogP contribution in [0.15, 0.2) is 77.9 Å². The number of hydrogen-bond acceptors (Lipinski definition) is 5. The lowest BCUT2D eigenvalue weighted by Crippen LogP contribution is -2.18. The molecule has 4 aromatic rings. The van der Waals surface area contributed by atoms with Gasteiger partial charge in [-0.2, -0.15) is 0 Å². The molecule has 0 saturated heterocycles. The monoisotopic (exact) mass is 402 g/mol. The number of nitrogens with one attached hydrogen (secondary N) is 2. The van der Waals surface area contributed by atoms with E-state index in [4.69, 9.17) is 9.47 Å². The van der Waals surface area contributed by atoms with Gasteiger partial charge in [-0.3, -0.25) is 4.79 Å². The minimum absolute atomic E-state index is 0.133. The third-order valence-corrected chi connectivity index (χ3v) is 5.10. The molecule has 0 aliphatic rings. The third kappa shape index (κ3) is 3.55. The van der Waals surface area contributed by atoms with Crippen molar-refractivity contribution >= 4 is 16.5 Å². The zero-order valence-corrected chi connectivity index (χ0v) is 16.7. The summed E-state index contributed by atoms with van der Waals surface area (Å²) in [7, 11) is 3.15. The molecule has 0 spiro atoms. The van der Waals surface area contributed by atoms with E-state index < -0.39 is 6.04 Å². The minimum Gasteiger partial charge on any atom is -0.508 e. The van der Waals surface area contributed by atoms with Crippen LogP contribution >= 0.6 is 0 Å².